The van der Waals surface area contributed by atoms with Crippen LogP contribution < -0.4 is 0 Å². The van der Waals surface area contributed by atoms with Crippen molar-refractivity contribution in [2.75, 3.05) is 26.2 Å². The molecule has 1 atom stereocenters. The van der Waals surface area contributed by atoms with Gasteiger partial charge in [-0.1, -0.05) is 19.9 Å². The summed E-state index contributed by atoms with van der Waals surface area (Å²) >= 11 is 1.65. The number of hydrogen-bond donors (Lipinski definition) is 0. The maximum atomic E-state index is 13.5. The standard InChI is InChI=1S/C23H28N6OS/c1-3-27(4-2)17-10-12-28(15-17)22(30)18-14-25-29(21(18)16-7-8-16)23-24-11-9-19(26-23)20-6-5-13-31-20/h5-6,9,11,13-14,16-17H,3-4,7-8,10,12,15H2,1-2H3. The summed E-state index contributed by atoms with van der Waals surface area (Å²) in [4.78, 5) is 28.2. The number of likely N-dealkylation sites (N-methyl/N-ethyl adjacent to an activating group) is 1. The third kappa shape index (κ3) is 3.90. The molecule has 1 aliphatic carbocycles. The van der Waals surface area contributed by atoms with Crippen LogP contribution in [-0.2, 0) is 0 Å². The van der Waals surface area contributed by atoms with Crippen LogP contribution in [-0.4, -0.2) is 67.7 Å². The molecule has 0 bridgehead atoms. The van der Waals surface area contributed by atoms with Crippen molar-refractivity contribution < 1.29 is 4.79 Å². The molecule has 0 spiro atoms. The Hall–Kier alpha value is -2.58. The molecule has 0 N–H and O–H groups in total. The van der Waals surface area contributed by atoms with Gasteiger partial charge < -0.3 is 4.90 Å². The predicted octanol–water partition coefficient (Wildman–Crippen LogP) is 3.82. The lowest BCUT2D eigenvalue weighted by Gasteiger charge is -2.26. The van der Waals surface area contributed by atoms with Gasteiger partial charge in [0.25, 0.3) is 11.9 Å². The normalized spacial score (nSPS) is 18.8. The Morgan fingerprint density at radius 1 is 1.23 bits per heavy atom. The lowest BCUT2D eigenvalue weighted by Crippen LogP contribution is -2.38. The van der Waals surface area contributed by atoms with Gasteiger partial charge >= 0.3 is 0 Å². The van der Waals surface area contributed by atoms with E-state index in [2.05, 4.69) is 34.9 Å². The summed E-state index contributed by atoms with van der Waals surface area (Å²) < 4.78 is 1.79. The third-order valence-corrected chi connectivity index (χ3v) is 7.28. The Morgan fingerprint density at radius 3 is 2.77 bits per heavy atom. The molecule has 0 aromatic carbocycles. The minimum absolute atomic E-state index is 0.0946. The molecule has 5 rings (SSSR count). The first-order chi connectivity index (χ1) is 15.2. The topological polar surface area (TPSA) is 67.2 Å². The molecule has 162 valence electrons. The van der Waals surface area contributed by atoms with E-state index in [1.807, 2.05) is 22.4 Å². The Kier molecular flexibility index (Phi) is 5.58. The zero-order valence-electron chi connectivity index (χ0n) is 18.1. The molecule has 1 saturated heterocycles. The van der Waals surface area contributed by atoms with Crippen LogP contribution in [0.25, 0.3) is 16.5 Å². The van der Waals surface area contributed by atoms with Crippen LogP contribution in [0.15, 0.2) is 36.0 Å². The highest BCUT2D eigenvalue weighted by Gasteiger charge is 2.37. The predicted molar refractivity (Wildman–Crippen MR) is 122 cm³/mol. The fourth-order valence-corrected chi connectivity index (χ4v) is 5.27. The van der Waals surface area contributed by atoms with E-state index in [0.717, 1.165) is 61.7 Å². The second kappa shape index (κ2) is 8.51. The van der Waals surface area contributed by atoms with Crippen LogP contribution >= 0.6 is 11.3 Å². The van der Waals surface area contributed by atoms with E-state index in [1.54, 1.807) is 28.4 Å². The summed E-state index contributed by atoms with van der Waals surface area (Å²) in [6.07, 6.45) is 6.69. The first-order valence-electron chi connectivity index (χ1n) is 11.2. The van der Waals surface area contributed by atoms with Crippen molar-refractivity contribution in [1.29, 1.82) is 0 Å². The average molecular weight is 437 g/mol. The lowest BCUT2D eigenvalue weighted by atomic mass is 10.1. The monoisotopic (exact) mass is 436 g/mol. The van der Waals surface area contributed by atoms with Crippen molar-refractivity contribution in [3.05, 3.63) is 47.2 Å². The second-order valence-electron chi connectivity index (χ2n) is 8.26. The van der Waals surface area contributed by atoms with Crippen LogP contribution in [0.1, 0.15) is 55.1 Å². The SMILES string of the molecule is CCN(CC)C1CCN(C(=O)c2cnn(-c3nccc(-c4cccs4)n3)c2C2CC2)C1. The van der Waals surface area contributed by atoms with Gasteiger partial charge in [0.2, 0.25) is 0 Å². The Balaban J connectivity index is 1.44. The molecule has 1 aliphatic heterocycles. The molecule has 1 saturated carbocycles. The Labute approximate surface area is 186 Å². The van der Waals surface area contributed by atoms with Crippen molar-refractivity contribution in [1.82, 2.24) is 29.5 Å². The van der Waals surface area contributed by atoms with Crippen LogP contribution in [0.3, 0.4) is 0 Å². The van der Waals surface area contributed by atoms with Gasteiger partial charge in [0.1, 0.15) is 0 Å². The van der Waals surface area contributed by atoms with E-state index in [1.165, 1.54) is 0 Å². The highest BCUT2D eigenvalue weighted by molar-refractivity contribution is 7.13. The minimum Gasteiger partial charge on any atom is -0.337 e. The van der Waals surface area contributed by atoms with Crippen LogP contribution in [0.4, 0.5) is 0 Å². The molecule has 8 heteroatoms. The molecule has 7 nitrogen and oxygen atoms in total. The molecule has 3 aromatic rings. The maximum absolute atomic E-state index is 13.5. The smallest absolute Gasteiger partial charge is 0.257 e. The van der Waals surface area contributed by atoms with Crippen molar-refractivity contribution in [3.63, 3.8) is 0 Å². The van der Waals surface area contributed by atoms with E-state index in [4.69, 9.17) is 4.98 Å². The van der Waals surface area contributed by atoms with Gasteiger partial charge in [0.15, 0.2) is 0 Å². The number of hydrogen-bond acceptors (Lipinski definition) is 6. The number of amides is 1. The second-order valence-corrected chi connectivity index (χ2v) is 9.21. The minimum atomic E-state index is 0.0946. The molecule has 2 aliphatic rings. The quantitative estimate of drug-likeness (QED) is 0.563. The highest BCUT2D eigenvalue weighted by atomic mass is 32.1. The van der Waals surface area contributed by atoms with Crippen LogP contribution in [0.2, 0.25) is 0 Å². The highest BCUT2D eigenvalue weighted by Crippen LogP contribution is 2.42. The van der Waals surface area contributed by atoms with Crippen molar-refractivity contribution >= 4 is 17.2 Å². The van der Waals surface area contributed by atoms with Crippen LogP contribution in [0, 0.1) is 0 Å². The fraction of sp³-hybridized carbons (Fsp3) is 0.478. The van der Waals surface area contributed by atoms with Gasteiger partial charge in [-0.05, 0) is 49.9 Å². The number of likely N-dealkylation sites (tertiary alicyclic amines) is 1. The third-order valence-electron chi connectivity index (χ3n) is 6.39. The summed E-state index contributed by atoms with van der Waals surface area (Å²) in [6, 6.07) is 6.43. The van der Waals surface area contributed by atoms with Gasteiger partial charge in [0, 0.05) is 31.2 Å². The molecule has 1 unspecified atom stereocenters. The summed E-state index contributed by atoms with van der Waals surface area (Å²) in [5.41, 5.74) is 2.57. The lowest BCUT2D eigenvalue weighted by molar-refractivity contribution is 0.0776. The number of carbonyl (C=O) groups excluding carboxylic acids is 1. The van der Waals surface area contributed by atoms with Gasteiger partial charge in [-0.2, -0.15) is 5.10 Å². The number of rotatable bonds is 7. The van der Waals surface area contributed by atoms with Gasteiger partial charge in [0.05, 0.1) is 28.0 Å². The van der Waals surface area contributed by atoms with E-state index in [-0.39, 0.29) is 5.91 Å². The van der Waals surface area contributed by atoms with E-state index >= 15 is 0 Å². The molecule has 0 radical (unpaired) electrons. The first-order valence-corrected chi connectivity index (χ1v) is 12.1. The van der Waals surface area contributed by atoms with Gasteiger partial charge in [-0.25, -0.2) is 14.6 Å². The van der Waals surface area contributed by atoms with E-state index in [9.17, 15) is 4.79 Å². The van der Waals surface area contributed by atoms with Gasteiger partial charge in [-0.15, -0.1) is 11.3 Å². The molecule has 2 fully saturated rings. The Morgan fingerprint density at radius 2 is 2.06 bits per heavy atom. The average Bonchev–Trinajstić information content (AvgIpc) is 3.21. The number of nitrogens with zero attached hydrogens (tertiary/aromatic N) is 6. The summed E-state index contributed by atoms with van der Waals surface area (Å²) in [5.74, 6) is 0.989. The van der Waals surface area contributed by atoms with Crippen molar-refractivity contribution in [2.24, 2.45) is 0 Å². The molecule has 1 amide bonds. The van der Waals surface area contributed by atoms with Crippen LogP contribution in [0.5, 0.6) is 0 Å². The fourth-order valence-electron chi connectivity index (χ4n) is 4.58. The summed E-state index contributed by atoms with van der Waals surface area (Å²) in [6.45, 7) is 8.01. The molecule has 4 heterocycles. The van der Waals surface area contributed by atoms with Gasteiger partial charge in [-0.3, -0.25) is 9.69 Å². The van der Waals surface area contributed by atoms with E-state index < -0.39 is 0 Å². The molecule has 3 aromatic heterocycles. The van der Waals surface area contributed by atoms with Crippen molar-refractivity contribution in [2.45, 2.75) is 45.1 Å². The molecular weight excluding hydrogens is 408 g/mol. The maximum Gasteiger partial charge on any atom is 0.257 e. The van der Waals surface area contributed by atoms with E-state index in [0.29, 0.717) is 23.5 Å². The zero-order valence-corrected chi connectivity index (χ0v) is 18.9. The first kappa shape index (κ1) is 20.3. The number of carbonyl (C=O) groups is 1. The largest absolute Gasteiger partial charge is 0.337 e. The Bertz CT molecular complexity index is 1050. The number of aromatic nitrogens is 4. The molecule has 31 heavy (non-hydrogen) atoms. The number of thiophene rings is 1. The summed E-state index contributed by atoms with van der Waals surface area (Å²) in [7, 11) is 0. The summed E-state index contributed by atoms with van der Waals surface area (Å²) in [5, 5.41) is 6.63. The van der Waals surface area contributed by atoms with Crippen molar-refractivity contribution in [3.8, 4) is 16.5 Å². The zero-order chi connectivity index (χ0) is 21.4. The molecular formula is C23H28N6OS.